The maximum Gasteiger partial charge on any atom is 0.325 e. The quantitative estimate of drug-likeness (QED) is 0.769. The summed E-state index contributed by atoms with van der Waals surface area (Å²) in [5, 5.41) is 10.3. The van der Waals surface area contributed by atoms with Gasteiger partial charge in [0, 0.05) is 5.92 Å². The van der Waals surface area contributed by atoms with E-state index in [9.17, 15) is 4.79 Å². The second kappa shape index (κ2) is 6.32. The molecule has 0 aliphatic carbocycles. The van der Waals surface area contributed by atoms with E-state index in [2.05, 4.69) is 20.5 Å². The van der Waals surface area contributed by atoms with E-state index in [1.54, 1.807) is 21.7 Å². The van der Waals surface area contributed by atoms with Gasteiger partial charge in [-0.05, 0) is 12.1 Å². The zero-order valence-electron chi connectivity index (χ0n) is 13.8. The van der Waals surface area contributed by atoms with Gasteiger partial charge in [-0.15, -0.1) is 16.4 Å². The maximum absolute atomic E-state index is 12.2. The number of likely N-dealkylation sites (tertiary alicyclic amines) is 1. The molecule has 0 saturated carbocycles. The number of amides is 2. The minimum Gasteiger partial charge on any atom is -0.484 e. The van der Waals surface area contributed by atoms with Crippen LogP contribution in [0.15, 0.2) is 28.1 Å². The molecule has 25 heavy (non-hydrogen) atoms. The molecule has 0 spiro atoms. The number of carbonyl (C=O) groups excluding carboxylic acids is 1. The third kappa shape index (κ3) is 3.14. The number of carbonyl (C=O) groups is 1. The Kier molecular flexibility index (Phi) is 4.00. The Labute approximate surface area is 147 Å². The van der Waals surface area contributed by atoms with Gasteiger partial charge in [-0.2, -0.15) is 0 Å². The molecule has 1 aromatic carbocycles. The lowest BCUT2D eigenvalue weighted by molar-refractivity contribution is 0.0500. The smallest absolute Gasteiger partial charge is 0.325 e. The summed E-state index contributed by atoms with van der Waals surface area (Å²) in [6.07, 6.45) is -0.0491. The number of para-hydroxylation sites is 1. The Morgan fingerprint density at radius 3 is 3.00 bits per heavy atom. The average Bonchev–Trinajstić information content (AvgIpc) is 3.19. The average molecular weight is 359 g/mol. The number of ether oxygens (including phenoxy) is 1. The van der Waals surface area contributed by atoms with Crippen molar-refractivity contribution in [3.8, 4) is 5.75 Å². The van der Waals surface area contributed by atoms with Crippen LogP contribution in [0.1, 0.15) is 25.7 Å². The molecule has 4 rings (SSSR count). The molecule has 8 nitrogen and oxygen atoms in total. The number of thiazole rings is 1. The summed E-state index contributed by atoms with van der Waals surface area (Å²) >= 11 is 1.58. The van der Waals surface area contributed by atoms with E-state index >= 15 is 0 Å². The largest absolute Gasteiger partial charge is 0.484 e. The molecule has 1 saturated heterocycles. The molecule has 1 N–H and O–H groups in total. The number of anilines is 1. The molecular weight excluding hydrogens is 342 g/mol. The molecule has 0 bridgehead atoms. The lowest BCUT2D eigenvalue weighted by Gasteiger charge is -2.38. The molecule has 0 atom stereocenters. The van der Waals surface area contributed by atoms with Crippen LogP contribution in [0.25, 0.3) is 10.2 Å². The Bertz CT molecular complexity index is 900. The Morgan fingerprint density at radius 1 is 1.40 bits per heavy atom. The van der Waals surface area contributed by atoms with Crippen molar-refractivity contribution in [1.29, 1.82) is 0 Å². The first-order valence-electron chi connectivity index (χ1n) is 7.98. The number of aromatic nitrogens is 3. The van der Waals surface area contributed by atoms with Gasteiger partial charge >= 0.3 is 12.0 Å². The number of fused-ring (bicyclic) bond motifs is 1. The highest BCUT2D eigenvalue weighted by Crippen LogP contribution is 2.29. The van der Waals surface area contributed by atoms with Gasteiger partial charge in [0.15, 0.2) is 0 Å². The fourth-order valence-corrected chi connectivity index (χ4v) is 3.20. The monoisotopic (exact) mass is 359 g/mol. The predicted molar refractivity (Wildman–Crippen MR) is 93.0 cm³/mol. The van der Waals surface area contributed by atoms with E-state index in [0.29, 0.717) is 19.0 Å². The Balaban J connectivity index is 1.32. The minimum atomic E-state index is -0.273. The summed E-state index contributed by atoms with van der Waals surface area (Å²) in [5.74, 6) is 1.37. The first kappa shape index (κ1) is 15.8. The highest BCUT2D eigenvalue weighted by molar-refractivity contribution is 7.16. The van der Waals surface area contributed by atoms with Crippen LogP contribution in [0.4, 0.5) is 10.8 Å². The van der Waals surface area contributed by atoms with Crippen LogP contribution in [0.5, 0.6) is 5.75 Å². The number of hydrogen-bond donors (Lipinski definition) is 1. The van der Waals surface area contributed by atoms with Crippen molar-refractivity contribution in [2.75, 3.05) is 18.4 Å². The predicted octanol–water partition coefficient (Wildman–Crippen LogP) is 3.10. The number of nitrogens with zero attached hydrogens (tertiary/aromatic N) is 4. The van der Waals surface area contributed by atoms with E-state index in [0.717, 1.165) is 16.0 Å². The van der Waals surface area contributed by atoms with Crippen LogP contribution in [-0.4, -0.2) is 45.3 Å². The van der Waals surface area contributed by atoms with Crippen molar-refractivity contribution in [3.63, 3.8) is 0 Å². The highest BCUT2D eigenvalue weighted by Gasteiger charge is 2.33. The van der Waals surface area contributed by atoms with E-state index in [-0.39, 0.29) is 24.1 Å². The molecule has 1 fully saturated rings. The molecule has 0 radical (unpaired) electrons. The summed E-state index contributed by atoms with van der Waals surface area (Å²) in [6, 6.07) is 5.70. The summed E-state index contributed by atoms with van der Waals surface area (Å²) in [4.78, 5) is 18.1. The van der Waals surface area contributed by atoms with Gasteiger partial charge in [-0.1, -0.05) is 25.0 Å². The molecule has 0 unspecified atom stereocenters. The van der Waals surface area contributed by atoms with Crippen molar-refractivity contribution >= 4 is 33.6 Å². The van der Waals surface area contributed by atoms with Crippen LogP contribution in [0, 0.1) is 0 Å². The van der Waals surface area contributed by atoms with Crippen LogP contribution in [0.3, 0.4) is 0 Å². The molecule has 3 aromatic rings. The maximum atomic E-state index is 12.2. The first-order valence-corrected chi connectivity index (χ1v) is 8.86. The number of hydrogen-bond acceptors (Lipinski definition) is 7. The number of urea groups is 1. The van der Waals surface area contributed by atoms with Gasteiger partial charge in [0.25, 0.3) is 0 Å². The molecule has 2 aromatic heterocycles. The number of rotatable bonds is 4. The normalized spacial score (nSPS) is 14.8. The minimum absolute atomic E-state index is 0.0491. The van der Waals surface area contributed by atoms with Crippen LogP contribution in [0.2, 0.25) is 0 Å². The summed E-state index contributed by atoms with van der Waals surface area (Å²) < 4.78 is 12.4. The van der Waals surface area contributed by atoms with Crippen LogP contribution >= 0.6 is 11.3 Å². The number of benzene rings is 1. The lowest BCUT2D eigenvalue weighted by Crippen LogP contribution is -2.57. The van der Waals surface area contributed by atoms with Gasteiger partial charge in [0.2, 0.25) is 5.89 Å². The van der Waals surface area contributed by atoms with E-state index in [1.165, 1.54) is 0 Å². The van der Waals surface area contributed by atoms with Crippen molar-refractivity contribution in [3.05, 3.63) is 29.6 Å². The zero-order chi connectivity index (χ0) is 17.4. The van der Waals surface area contributed by atoms with Crippen molar-refractivity contribution < 1.29 is 13.9 Å². The zero-order valence-corrected chi connectivity index (χ0v) is 14.6. The fraction of sp³-hybridized carbons (Fsp3) is 0.375. The third-order valence-electron chi connectivity index (χ3n) is 3.90. The van der Waals surface area contributed by atoms with Crippen molar-refractivity contribution in [1.82, 2.24) is 20.1 Å². The van der Waals surface area contributed by atoms with Gasteiger partial charge in [0.1, 0.15) is 17.4 Å². The Morgan fingerprint density at radius 2 is 2.24 bits per heavy atom. The van der Waals surface area contributed by atoms with E-state index < -0.39 is 0 Å². The van der Waals surface area contributed by atoms with E-state index in [1.807, 2.05) is 32.0 Å². The fourth-order valence-electron chi connectivity index (χ4n) is 2.50. The van der Waals surface area contributed by atoms with E-state index in [4.69, 9.17) is 9.15 Å². The van der Waals surface area contributed by atoms with Crippen LogP contribution < -0.4 is 10.1 Å². The highest BCUT2D eigenvalue weighted by atomic mass is 32.1. The van der Waals surface area contributed by atoms with Gasteiger partial charge in [0.05, 0.1) is 23.3 Å². The second-order valence-corrected chi connectivity index (χ2v) is 7.02. The molecule has 1 aliphatic heterocycles. The molecule has 2 amide bonds. The molecule has 1 aliphatic rings. The van der Waals surface area contributed by atoms with Gasteiger partial charge in [-0.25, -0.2) is 9.78 Å². The Hall–Kier alpha value is -2.68. The molecule has 3 heterocycles. The van der Waals surface area contributed by atoms with Crippen molar-refractivity contribution in [2.45, 2.75) is 25.9 Å². The van der Waals surface area contributed by atoms with Gasteiger partial charge in [-0.3, -0.25) is 5.32 Å². The molecular formula is C16H17N5O3S. The first-order chi connectivity index (χ1) is 12.1. The number of nitrogens with one attached hydrogen (secondary N) is 1. The standard InChI is InChI=1S/C16H17N5O3S/c1-9(2)14-19-20-15(24-14)18-16(22)21-6-10(7-21)23-11-4-3-5-12-13(11)17-8-25-12/h3-5,8-10H,6-7H2,1-2H3,(H,18,20,22). The topological polar surface area (TPSA) is 93.4 Å². The van der Waals surface area contributed by atoms with Crippen molar-refractivity contribution in [2.24, 2.45) is 0 Å². The summed E-state index contributed by atoms with van der Waals surface area (Å²) in [6.45, 7) is 4.88. The SMILES string of the molecule is CC(C)c1nnc(NC(=O)N2CC(Oc3cccc4scnc34)C2)o1. The molecule has 9 heteroatoms. The van der Waals surface area contributed by atoms with Crippen LogP contribution in [-0.2, 0) is 0 Å². The third-order valence-corrected chi connectivity index (χ3v) is 4.69. The summed E-state index contributed by atoms with van der Waals surface area (Å²) in [7, 11) is 0. The second-order valence-electron chi connectivity index (χ2n) is 6.13. The van der Waals surface area contributed by atoms with Gasteiger partial charge < -0.3 is 14.1 Å². The molecule has 130 valence electrons. The lowest BCUT2D eigenvalue weighted by atomic mass is 10.2. The summed E-state index contributed by atoms with van der Waals surface area (Å²) in [5.41, 5.74) is 2.66.